The Morgan fingerprint density at radius 3 is 2.94 bits per heavy atom. The van der Waals surface area contributed by atoms with E-state index in [0.717, 1.165) is 12.2 Å². The molecule has 1 heterocycles. The average Bonchev–Trinajstić information content (AvgIpc) is 3.05. The number of rotatable bonds is 2. The maximum Gasteiger partial charge on any atom is 0.243 e. The van der Waals surface area contributed by atoms with Crippen molar-refractivity contribution in [3.8, 4) is 0 Å². The highest BCUT2D eigenvalue weighted by molar-refractivity contribution is 6.01. The van der Waals surface area contributed by atoms with Gasteiger partial charge in [0.2, 0.25) is 5.91 Å². The predicted molar refractivity (Wildman–Crippen MR) is 64.7 cm³/mol. The first-order valence-electron chi connectivity index (χ1n) is 5.98. The number of carbonyl (C=O) groups excluding carboxylic acids is 1. The van der Waals surface area contributed by atoms with Crippen molar-refractivity contribution in [2.75, 3.05) is 23.3 Å². The topological polar surface area (TPSA) is 32.3 Å². The maximum absolute atomic E-state index is 13.5. The molecule has 0 unspecified atom stereocenters. The summed E-state index contributed by atoms with van der Waals surface area (Å²) in [5, 5.41) is 2.73. The molecule has 0 bridgehead atoms. The summed E-state index contributed by atoms with van der Waals surface area (Å²) < 4.78 is 13.5. The average molecular weight is 234 g/mol. The standard InChI is InChI=1S/C13H15FN2O/c1-8-4-12-11(5-10(8)14)15-13(17)7-16(12)6-9-2-3-9/h4-5,9H,2-3,6-7H2,1H3,(H,15,17). The van der Waals surface area contributed by atoms with Crippen molar-refractivity contribution < 1.29 is 9.18 Å². The number of amides is 1. The monoisotopic (exact) mass is 234 g/mol. The van der Waals surface area contributed by atoms with Crippen LogP contribution in [0, 0.1) is 18.7 Å². The molecule has 2 aliphatic rings. The van der Waals surface area contributed by atoms with Crippen molar-refractivity contribution in [3.63, 3.8) is 0 Å². The van der Waals surface area contributed by atoms with Gasteiger partial charge in [-0.25, -0.2) is 4.39 Å². The van der Waals surface area contributed by atoms with Gasteiger partial charge in [-0.1, -0.05) is 0 Å². The fourth-order valence-corrected chi connectivity index (χ4v) is 2.25. The number of nitrogens with one attached hydrogen (secondary N) is 1. The second kappa shape index (κ2) is 3.72. The molecular weight excluding hydrogens is 219 g/mol. The van der Waals surface area contributed by atoms with Gasteiger partial charge in [-0.3, -0.25) is 4.79 Å². The van der Waals surface area contributed by atoms with Crippen LogP contribution in [0.15, 0.2) is 12.1 Å². The van der Waals surface area contributed by atoms with E-state index in [2.05, 4.69) is 10.2 Å². The molecule has 1 N–H and O–H groups in total. The molecule has 1 saturated carbocycles. The van der Waals surface area contributed by atoms with Crippen LogP contribution in [-0.4, -0.2) is 19.0 Å². The number of carbonyl (C=O) groups is 1. The Kier molecular flexibility index (Phi) is 2.31. The lowest BCUT2D eigenvalue weighted by Gasteiger charge is -2.31. The highest BCUT2D eigenvalue weighted by Crippen LogP contribution is 2.36. The highest BCUT2D eigenvalue weighted by atomic mass is 19.1. The number of benzene rings is 1. The van der Waals surface area contributed by atoms with E-state index in [1.807, 2.05) is 6.07 Å². The lowest BCUT2D eigenvalue weighted by atomic mass is 10.1. The van der Waals surface area contributed by atoms with Crippen molar-refractivity contribution in [3.05, 3.63) is 23.5 Å². The van der Waals surface area contributed by atoms with Crippen molar-refractivity contribution >= 4 is 17.3 Å². The molecule has 1 aromatic rings. The van der Waals surface area contributed by atoms with Gasteiger partial charge in [-0.05, 0) is 43.4 Å². The zero-order chi connectivity index (χ0) is 12.0. The number of halogens is 1. The van der Waals surface area contributed by atoms with Crippen LogP contribution < -0.4 is 10.2 Å². The Morgan fingerprint density at radius 1 is 1.47 bits per heavy atom. The molecule has 1 aromatic carbocycles. The van der Waals surface area contributed by atoms with Crippen LogP contribution in [0.1, 0.15) is 18.4 Å². The molecule has 4 heteroatoms. The van der Waals surface area contributed by atoms with Gasteiger partial charge >= 0.3 is 0 Å². The van der Waals surface area contributed by atoms with Crippen LogP contribution in [0.3, 0.4) is 0 Å². The third-order valence-electron chi connectivity index (χ3n) is 3.40. The van der Waals surface area contributed by atoms with Gasteiger partial charge in [0.25, 0.3) is 0 Å². The van der Waals surface area contributed by atoms with E-state index >= 15 is 0 Å². The van der Waals surface area contributed by atoms with Gasteiger partial charge in [0.1, 0.15) is 5.82 Å². The minimum Gasteiger partial charge on any atom is -0.360 e. The molecule has 0 saturated heterocycles. The Bertz CT molecular complexity index is 483. The summed E-state index contributed by atoms with van der Waals surface area (Å²) in [6, 6.07) is 3.24. The Hall–Kier alpha value is -1.58. The first-order chi connectivity index (χ1) is 8.13. The third kappa shape index (κ3) is 1.99. The molecule has 1 aliphatic heterocycles. The van der Waals surface area contributed by atoms with Crippen molar-refractivity contribution in [1.82, 2.24) is 0 Å². The van der Waals surface area contributed by atoms with E-state index in [4.69, 9.17) is 0 Å². The van der Waals surface area contributed by atoms with E-state index in [1.165, 1.54) is 18.9 Å². The van der Waals surface area contributed by atoms with Gasteiger partial charge < -0.3 is 10.2 Å². The third-order valence-corrected chi connectivity index (χ3v) is 3.40. The van der Waals surface area contributed by atoms with Crippen LogP contribution in [-0.2, 0) is 4.79 Å². The van der Waals surface area contributed by atoms with Crippen LogP contribution in [0.25, 0.3) is 0 Å². The second-order valence-electron chi connectivity index (χ2n) is 4.99. The molecular formula is C13H15FN2O. The minimum absolute atomic E-state index is 0.0543. The summed E-state index contributed by atoms with van der Waals surface area (Å²) in [4.78, 5) is 13.6. The van der Waals surface area contributed by atoms with E-state index in [0.29, 0.717) is 23.7 Å². The van der Waals surface area contributed by atoms with Crippen LogP contribution in [0.4, 0.5) is 15.8 Å². The first-order valence-corrected chi connectivity index (χ1v) is 5.98. The number of hydrogen-bond acceptors (Lipinski definition) is 2. The van der Waals surface area contributed by atoms with Crippen molar-refractivity contribution in [2.24, 2.45) is 5.92 Å². The molecule has 0 radical (unpaired) electrons. The van der Waals surface area contributed by atoms with Gasteiger partial charge in [0.05, 0.1) is 17.9 Å². The SMILES string of the molecule is Cc1cc2c(cc1F)NC(=O)CN2CC1CC1. The number of hydrogen-bond donors (Lipinski definition) is 1. The highest BCUT2D eigenvalue weighted by Gasteiger charge is 2.29. The lowest BCUT2D eigenvalue weighted by molar-refractivity contribution is -0.115. The zero-order valence-corrected chi connectivity index (χ0v) is 9.79. The molecule has 1 aliphatic carbocycles. The molecule has 3 rings (SSSR count). The van der Waals surface area contributed by atoms with E-state index < -0.39 is 0 Å². The molecule has 0 atom stereocenters. The molecule has 1 fully saturated rings. The summed E-state index contributed by atoms with van der Waals surface area (Å²) in [6.45, 7) is 3.04. The number of nitrogens with zero attached hydrogens (tertiary/aromatic N) is 1. The van der Waals surface area contributed by atoms with Crippen molar-refractivity contribution in [2.45, 2.75) is 19.8 Å². The van der Waals surface area contributed by atoms with E-state index in [9.17, 15) is 9.18 Å². The second-order valence-corrected chi connectivity index (χ2v) is 4.99. The summed E-state index contributed by atoms with van der Waals surface area (Å²) in [5.74, 6) is 0.387. The van der Waals surface area contributed by atoms with Crippen LogP contribution in [0.2, 0.25) is 0 Å². The van der Waals surface area contributed by atoms with Gasteiger partial charge in [0.15, 0.2) is 0 Å². The fraction of sp³-hybridized carbons (Fsp3) is 0.462. The maximum atomic E-state index is 13.5. The van der Waals surface area contributed by atoms with E-state index in [-0.39, 0.29) is 11.7 Å². The normalized spacial score (nSPS) is 18.9. The summed E-state index contributed by atoms with van der Waals surface area (Å²) >= 11 is 0. The Labute approximate surface area is 99.6 Å². The number of anilines is 2. The molecule has 0 aromatic heterocycles. The number of aryl methyl sites for hydroxylation is 1. The van der Waals surface area contributed by atoms with Crippen molar-refractivity contribution in [1.29, 1.82) is 0 Å². The predicted octanol–water partition coefficient (Wildman–Crippen LogP) is 2.30. The number of fused-ring (bicyclic) bond motifs is 1. The summed E-state index contributed by atoms with van der Waals surface area (Å²) in [5.41, 5.74) is 2.18. The molecule has 90 valence electrons. The van der Waals surface area contributed by atoms with Crippen LogP contribution >= 0.6 is 0 Å². The largest absolute Gasteiger partial charge is 0.360 e. The molecule has 0 spiro atoms. The smallest absolute Gasteiger partial charge is 0.243 e. The summed E-state index contributed by atoms with van der Waals surface area (Å²) in [6.07, 6.45) is 2.49. The Balaban J connectivity index is 1.98. The molecule has 17 heavy (non-hydrogen) atoms. The zero-order valence-electron chi connectivity index (χ0n) is 9.79. The van der Waals surface area contributed by atoms with Crippen LogP contribution in [0.5, 0.6) is 0 Å². The fourth-order valence-electron chi connectivity index (χ4n) is 2.25. The molecule has 3 nitrogen and oxygen atoms in total. The van der Waals surface area contributed by atoms with Gasteiger partial charge in [-0.2, -0.15) is 0 Å². The van der Waals surface area contributed by atoms with Gasteiger partial charge in [-0.15, -0.1) is 0 Å². The van der Waals surface area contributed by atoms with Gasteiger partial charge in [0, 0.05) is 6.54 Å². The quantitative estimate of drug-likeness (QED) is 0.851. The molecule has 1 amide bonds. The summed E-state index contributed by atoms with van der Waals surface area (Å²) in [7, 11) is 0. The Morgan fingerprint density at radius 2 is 2.24 bits per heavy atom. The van der Waals surface area contributed by atoms with E-state index in [1.54, 1.807) is 6.92 Å². The lowest BCUT2D eigenvalue weighted by Crippen LogP contribution is -2.39. The minimum atomic E-state index is -0.266. The first kappa shape index (κ1) is 10.6.